The van der Waals surface area contributed by atoms with E-state index in [1.807, 2.05) is 6.92 Å². The summed E-state index contributed by atoms with van der Waals surface area (Å²) in [4.78, 5) is 10.5. The third-order valence-electron chi connectivity index (χ3n) is 1.07. The number of hydrogen-bond acceptors (Lipinski definition) is 1. The Hall–Kier alpha value is -0.570. The van der Waals surface area contributed by atoms with Crippen LogP contribution in [0.5, 0.6) is 0 Å². The molecule has 1 N–H and O–H groups in total. The fourth-order valence-electron chi connectivity index (χ4n) is 0.726. The van der Waals surface area contributed by atoms with Crippen LogP contribution in [-0.2, 0) is 4.79 Å². The van der Waals surface area contributed by atoms with Crippen LogP contribution < -0.4 is 10.6 Å². The van der Waals surface area contributed by atoms with Gasteiger partial charge in [0.05, 0.1) is 6.54 Å². The Balaban J connectivity index is 2.34. The van der Waals surface area contributed by atoms with Crippen molar-refractivity contribution in [1.82, 2.24) is 10.6 Å². The molecule has 1 unspecified atom stereocenters. The molecule has 0 aliphatic carbocycles. The molecular weight excluding hydrogens is 104 g/mol. The van der Waals surface area contributed by atoms with Crippen LogP contribution in [-0.4, -0.2) is 25.0 Å². The first kappa shape index (κ1) is 5.56. The van der Waals surface area contributed by atoms with Crippen LogP contribution in [0.25, 0.3) is 0 Å². The van der Waals surface area contributed by atoms with Crippen molar-refractivity contribution in [3.63, 3.8) is 0 Å². The number of carbonyl (C=O) groups excluding carboxylic acids is 1. The molecule has 0 aromatic heterocycles. The van der Waals surface area contributed by atoms with Crippen molar-refractivity contribution in [2.24, 2.45) is 0 Å². The van der Waals surface area contributed by atoms with Gasteiger partial charge in [0.2, 0.25) is 5.91 Å². The Labute approximate surface area is 48.5 Å². The molecule has 0 spiro atoms. The molecule has 1 heterocycles. The van der Waals surface area contributed by atoms with Crippen LogP contribution in [0.2, 0.25) is 0 Å². The SMILES string of the molecule is CC1C[N]CC(=O)N1. The highest BCUT2D eigenvalue weighted by molar-refractivity contribution is 5.78. The summed E-state index contributed by atoms with van der Waals surface area (Å²) in [5.41, 5.74) is 0. The van der Waals surface area contributed by atoms with Crippen LogP contribution in [0.15, 0.2) is 0 Å². The van der Waals surface area contributed by atoms with Crippen molar-refractivity contribution < 1.29 is 4.79 Å². The second-order valence-corrected chi connectivity index (χ2v) is 2.03. The van der Waals surface area contributed by atoms with Crippen LogP contribution >= 0.6 is 0 Å². The largest absolute Gasteiger partial charge is 0.351 e. The van der Waals surface area contributed by atoms with E-state index in [-0.39, 0.29) is 11.9 Å². The van der Waals surface area contributed by atoms with Crippen molar-refractivity contribution in [2.75, 3.05) is 13.1 Å². The summed E-state index contributed by atoms with van der Waals surface area (Å²) in [6, 6.07) is 0.247. The van der Waals surface area contributed by atoms with E-state index in [1.54, 1.807) is 0 Å². The first-order chi connectivity index (χ1) is 3.79. The lowest BCUT2D eigenvalue weighted by atomic mass is 10.3. The van der Waals surface area contributed by atoms with Crippen molar-refractivity contribution in [3.05, 3.63) is 0 Å². The zero-order chi connectivity index (χ0) is 5.98. The van der Waals surface area contributed by atoms with E-state index in [2.05, 4.69) is 10.6 Å². The second-order valence-electron chi connectivity index (χ2n) is 2.03. The molecule has 45 valence electrons. The van der Waals surface area contributed by atoms with Gasteiger partial charge < -0.3 is 5.32 Å². The van der Waals surface area contributed by atoms with E-state index < -0.39 is 0 Å². The summed E-state index contributed by atoms with van der Waals surface area (Å²) in [5.74, 6) is 0.0451. The first-order valence-electron chi connectivity index (χ1n) is 2.71. The number of hydrogen-bond donors (Lipinski definition) is 1. The predicted octanol–water partition coefficient (Wildman–Crippen LogP) is -0.891. The molecule has 0 aromatic rings. The highest BCUT2D eigenvalue weighted by atomic mass is 16.2. The Kier molecular flexibility index (Phi) is 1.48. The highest BCUT2D eigenvalue weighted by Crippen LogP contribution is 1.85. The summed E-state index contributed by atoms with van der Waals surface area (Å²) in [6.07, 6.45) is 0. The lowest BCUT2D eigenvalue weighted by molar-refractivity contribution is -0.122. The molecule has 1 rings (SSSR count). The topological polar surface area (TPSA) is 43.2 Å². The van der Waals surface area contributed by atoms with Crippen molar-refractivity contribution in [2.45, 2.75) is 13.0 Å². The average Bonchev–Trinajstić information content (AvgIpc) is 1.64. The summed E-state index contributed by atoms with van der Waals surface area (Å²) in [5, 5.41) is 6.67. The second kappa shape index (κ2) is 2.13. The van der Waals surface area contributed by atoms with Gasteiger partial charge in [-0.2, -0.15) is 0 Å². The molecular formula is C5H9N2O. The smallest absolute Gasteiger partial charge is 0.235 e. The molecule has 1 aliphatic heterocycles. The van der Waals surface area contributed by atoms with Crippen molar-refractivity contribution >= 4 is 5.91 Å². The van der Waals surface area contributed by atoms with Gasteiger partial charge in [-0.3, -0.25) is 4.79 Å². The molecule has 3 nitrogen and oxygen atoms in total. The van der Waals surface area contributed by atoms with Crippen LogP contribution in [0.4, 0.5) is 0 Å². The van der Waals surface area contributed by atoms with Gasteiger partial charge in [0.15, 0.2) is 0 Å². The third-order valence-corrected chi connectivity index (χ3v) is 1.07. The van der Waals surface area contributed by atoms with Gasteiger partial charge in [-0.15, -0.1) is 0 Å². The molecule has 1 aliphatic rings. The van der Waals surface area contributed by atoms with Gasteiger partial charge in [0.1, 0.15) is 0 Å². The first-order valence-corrected chi connectivity index (χ1v) is 2.71. The zero-order valence-electron chi connectivity index (χ0n) is 4.85. The number of piperazine rings is 1. The standard InChI is InChI=1S/C5H9N2O/c1-4-2-6-3-5(8)7-4/h4H,2-3H2,1H3,(H,7,8). The van der Waals surface area contributed by atoms with Crippen LogP contribution in [0.1, 0.15) is 6.92 Å². The number of amides is 1. The number of carbonyl (C=O) groups is 1. The Morgan fingerprint density at radius 1 is 1.88 bits per heavy atom. The van der Waals surface area contributed by atoms with Gasteiger partial charge in [0.25, 0.3) is 0 Å². The minimum atomic E-state index is 0.0451. The van der Waals surface area contributed by atoms with Crippen LogP contribution in [0, 0.1) is 0 Å². The molecule has 0 saturated carbocycles. The molecule has 1 atom stereocenters. The zero-order valence-corrected chi connectivity index (χ0v) is 4.85. The van der Waals surface area contributed by atoms with E-state index in [0.717, 1.165) is 6.54 Å². The molecule has 1 amide bonds. The number of nitrogens with one attached hydrogen (secondary N) is 1. The number of nitrogens with zero attached hydrogens (tertiary/aromatic N) is 1. The Morgan fingerprint density at radius 2 is 2.62 bits per heavy atom. The van der Waals surface area contributed by atoms with Crippen molar-refractivity contribution in [3.8, 4) is 0 Å². The maximum Gasteiger partial charge on any atom is 0.235 e. The molecule has 0 aromatic carbocycles. The fourth-order valence-corrected chi connectivity index (χ4v) is 0.726. The molecule has 0 bridgehead atoms. The van der Waals surface area contributed by atoms with E-state index >= 15 is 0 Å². The molecule has 1 fully saturated rings. The molecule has 3 heteroatoms. The third kappa shape index (κ3) is 1.20. The summed E-state index contributed by atoms with van der Waals surface area (Å²) in [7, 11) is 0. The quantitative estimate of drug-likeness (QED) is 0.435. The summed E-state index contributed by atoms with van der Waals surface area (Å²) in [6.45, 7) is 3.07. The van der Waals surface area contributed by atoms with E-state index in [9.17, 15) is 4.79 Å². The molecule has 1 radical (unpaired) electrons. The normalized spacial score (nSPS) is 29.6. The van der Waals surface area contributed by atoms with Crippen molar-refractivity contribution in [1.29, 1.82) is 0 Å². The Bertz CT molecular complexity index is 103. The van der Waals surface area contributed by atoms with E-state index in [4.69, 9.17) is 0 Å². The Morgan fingerprint density at radius 3 is 3.00 bits per heavy atom. The lowest BCUT2D eigenvalue weighted by Crippen LogP contribution is -2.47. The van der Waals surface area contributed by atoms with E-state index in [0.29, 0.717) is 6.54 Å². The molecule has 1 saturated heterocycles. The molecule has 8 heavy (non-hydrogen) atoms. The summed E-state index contributed by atoms with van der Waals surface area (Å²) >= 11 is 0. The monoisotopic (exact) mass is 113 g/mol. The van der Waals surface area contributed by atoms with Gasteiger partial charge in [-0.05, 0) is 6.92 Å². The summed E-state index contributed by atoms with van der Waals surface area (Å²) < 4.78 is 0. The lowest BCUT2D eigenvalue weighted by Gasteiger charge is -2.18. The number of rotatable bonds is 0. The van der Waals surface area contributed by atoms with Gasteiger partial charge >= 0.3 is 0 Å². The van der Waals surface area contributed by atoms with Gasteiger partial charge in [-0.1, -0.05) is 0 Å². The predicted molar refractivity (Wildman–Crippen MR) is 29.5 cm³/mol. The maximum atomic E-state index is 10.5. The van der Waals surface area contributed by atoms with Crippen LogP contribution in [0.3, 0.4) is 0 Å². The fraction of sp³-hybridized carbons (Fsp3) is 0.800. The highest BCUT2D eigenvalue weighted by Gasteiger charge is 2.12. The van der Waals surface area contributed by atoms with Gasteiger partial charge in [0, 0.05) is 12.6 Å². The average molecular weight is 113 g/mol. The van der Waals surface area contributed by atoms with Gasteiger partial charge in [-0.25, -0.2) is 5.32 Å². The maximum absolute atomic E-state index is 10.5. The minimum absolute atomic E-state index is 0.0451. The minimum Gasteiger partial charge on any atom is -0.351 e. The van der Waals surface area contributed by atoms with E-state index in [1.165, 1.54) is 0 Å².